The standard InChI is InChI=1S/C20H36N4O2/c1-14(2)8-9-19(25)18(10-15-6-4-3-5-7-15)24-20(26)17(21)11-16-12-22-13-23-16/h12-15,17-19,25H,3-11,21H2,1-2H3,(H,22,23)(H,24,26)/t17-,18?,19?/m0/s1. The van der Waals surface area contributed by atoms with E-state index in [1.807, 2.05) is 0 Å². The summed E-state index contributed by atoms with van der Waals surface area (Å²) >= 11 is 0. The minimum absolute atomic E-state index is 0.197. The Morgan fingerprint density at radius 1 is 1.35 bits per heavy atom. The molecule has 1 saturated carbocycles. The van der Waals surface area contributed by atoms with Crippen molar-refractivity contribution >= 4 is 5.91 Å². The third-order valence-electron chi connectivity index (χ3n) is 5.46. The average molecular weight is 365 g/mol. The summed E-state index contributed by atoms with van der Waals surface area (Å²) in [5.41, 5.74) is 6.84. The van der Waals surface area contributed by atoms with Gasteiger partial charge in [-0.15, -0.1) is 0 Å². The van der Waals surface area contributed by atoms with Gasteiger partial charge in [0.05, 0.1) is 30.2 Å². The largest absolute Gasteiger partial charge is 0.391 e. The molecular formula is C20H36N4O2. The second-order valence-corrected chi connectivity index (χ2v) is 8.26. The number of aliphatic hydroxyl groups excluding tert-OH is 1. The Bertz CT molecular complexity index is 512. The number of imidazole rings is 1. The van der Waals surface area contributed by atoms with Crippen molar-refractivity contribution in [2.45, 2.75) is 89.8 Å². The van der Waals surface area contributed by atoms with Gasteiger partial charge < -0.3 is 21.1 Å². The molecule has 0 aromatic carbocycles. The molecule has 26 heavy (non-hydrogen) atoms. The molecule has 2 rings (SSSR count). The van der Waals surface area contributed by atoms with E-state index < -0.39 is 12.1 Å². The van der Waals surface area contributed by atoms with Gasteiger partial charge in [0.25, 0.3) is 0 Å². The predicted octanol–water partition coefficient (Wildman–Crippen LogP) is 2.53. The van der Waals surface area contributed by atoms with E-state index in [1.54, 1.807) is 12.5 Å². The van der Waals surface area contributed by atoms with E-state index in [0.29, 0.717) is 24.7 Å². The minimum atomic E-state index is -0.649. The van der Waals surface area contributed by atoms with E-state index >= 15 is 0 Å². The highest BCUT2D eigenvalue weighted by atomic mass is 16.3. The molecule has 0 saturated heterocycles. The number of hydrogen-bond acceptors (Lipinski definition) is 4. The monoisotopic (exact) mass is 364 g/mol. The van der Waals surface area contributed by atoms with Gasteiger partial charge in [-0.1, -0.05) is 46.0 Å². The predicted molar refractivity (Wildman–Crippen MR) is 103 cm³/mol. The van der Waals surface area contributed by atoms with E-state index in [1.165, 1.54) is 32.1 Å². The second kappa shape index (κ2) is 10.7. The molecule has 1 aliphatic carbocycles. The zero-order valence-corrected chi connectivity index (χ0v) is 16.3. The van der Waals surface area contributed by atoms with Crippen LogP contribution in [-0.4, -0.2) is 39.2 Å². The topological polar surface area (TPSA) is 104 Å². The summed E-state index contributed by atoms with van der Waals surface area (Å²) in [6.45, 7) is 4.31. The van der Waals surface area contributed by atoms with E-state index in [0.717, 1.165) is 18.5 Å². The molecule has 0 aliphatic heterocycles. The number of aromatic amines is 1. The van der Waals surface area contributed by atoms with Crippen LogP contribution in [0.15, 0.2) is 12.5 Å². The first kappa shape index (κ1) is 20.9. The lowest BCUT2D eigenvalue weighted by Crippen LogP contribution is -2.51. The van der Waals surface area contributed by atoms with Gasteiger partial charge in [-0.3, -0.25) is 4.79 Å². The van der Waals surface area contributed by atoms with Crippen LogP contribution in [0.2, 0.25) is 0 Å². The molecule has 0 radical (unpaired) electrons. The van der Waals surface area contributed by atoms with Crippen molar-refractivity contribution < 1.29 is 9.90 Å². The lowest BCUT2D eigenvalue weighted by Gasteiger charge is -2.31. The third-order valence-corrected chi connectivity index (χ3v) is 5.46. The van der Waals surface area contributed by atoms with Gasteiger partial charge in [0.1, 0.15) is 0 Å². The summed E-state index contributed by atoms with van der Waals surface area (Å²) in [6, 6.07) is -0.862. The van der Waals surface area contributed by atoms with Crippen molar-refractivity contribution in [1.82, 2.24) is 15.3 Å². The van der Waals surface area contributed by atoms with Crippen molar-refractivity contribution in [2.75, 3.05) is 0 Å². The number of amides is 1. The Morgan fingerprint density at radius 3 is 2.69 bits per heavy atom. The summed E-state index contributed by atoms with van der Waals surface area (Å²) in [4.78, 5) is 19.6. The average Bonchev–Trinajstić information content (AvgIpc) is 3.12. The number of nitrogens with zero attached hydrogens (tertiary/aromatic N) is 1. The van der Waals surface area contributed by atoms with Crippen LogP contribution >= 0.6 is 0 Å². The molecule has 1 aromatic heterocycles. The van der Waals surface area contributed by atoms with Crippen LogP contribution in [0.5, 0.6) is 0 Å². The van der Waals surface area contributed by atoms with Crippen LogP contribution < -0.4 is 11.1 Å². The quantitative estimate of drug-likeness (QED) is 0.512. The molecule has 0 bridgehead atoms. The van der Waals surface area contributed by atoms with Gasteiger partial charge in [0.2, 0.25) is 5.91 Å². The molecule has 1 aromatic rings. The molecule has 6 nitrogen and oxygen atoms in total. The lowest BCUT2D eigenvalue weighted by atomic mass is 9.83. The fraction of sp³-hybridized carbons (Fsp3) is 0.800. The molecule has 1 amide bonds. The molecule has 5 N–H and O–H groups in total. The lowest BCUT2D eigenvalue weighted by molar-refractivity contribution is -0.124. The maximum Gasteiger partial charge on any atom is 0.237 e. The summed E-state index contributed by atoms with van der Waals surface area (Å²) in [7, 11) is 0. The number of nitrogens with two attached hydrogens (primary N) is 1. The minimum Gasteiger partial charge on any atom is -0.391 e. The molecular weight excluding hydrogens is 328 g/mol. The molecule has 2 unspecified atom stereocenters. The van der Waals surface area contributed by atoms with Gasteiger partial charge in [-0.25, -0.2) is 4.98 Å². The van der Waals surface area contributed by atoms with Crippen LogP contribution in [-0.2, 0) is 11.2 Å². The number of rotatable bonds is 10. The summed E-state index contributed by atoms with van der Waals surface area (Å²) in [5.74, 6) is 0.931. The van der Waals surface area contributed by atoms with E-state index in [9.17, 15) is 9.90 Å². The number of hydrogen-bond donors (Lipinski definition) is 4. The summed E-state index contributed by atoms with van der Waals surface area (Å²) < 4.78 is 0. The van der Waals surface area contributed by atoms with Crippen molar-refractivity contribution in [2.24, 2.45) is 17.6 Å². The van der Waals surface area contributed by atoms with Crippen molar-refractivity contribution in [1.29, 1.82) is 0 Å². The molecule has 6 heteroatoms. The molecule has 0 spiro atoms. The van der Waals surface area contributed by atoms with Gasteiger partial charge in [0, 0.05) is 12.6 Å². The molecule has 1 heterocycles. The van der Waals surface area contributed by atoms with E-state index in [4.69, 9.17) is 5.73 Å². The fourth-order valence-corrected chi connectivity index (χ4v) is 3.81. The van der Waals surface area contributed by atoms with E-state index in [2.05, 4.69) is 29.1 Å². The van der Waals surface area contributed by atoms with E-state index in [-0.39, 0.29) is 11.9 Å². The van der Waals surface area contributed by atoms with Gasteiger partial charge in [-0.05, 0) is 31.1 Å². The Hall–Kier alpha value is -1.40. The number of aromatic nitrogens is 2. The molecule has 1 fully saturated rings. The van der Waals surface area contributed by atoms with Gasteiger partial charge in [0.15, 0.2) is 0 Å². The van der Waals surface area contributed by atoms with Crippen molar-refractivity contribution in [3.8, 4) is 0 Å². The maximum atomic E-state index is 12.6. The first-order valence-corrected chi connectivity index (χ1v) is 10.2. The highest BCUT2D eigenvalue weighted by Crippen LogP contribution is 2.28. The molecule has 3 atom stereocenters. The second-order valence-electron chi connectivity index (χ2n) is 8.26. The summed E-state index contributed by atoms with van der Waals surface area (Å²) in [5, 5.41) is 13.8. The summed E-state index contributed by atoms with van der Waals surface area (Å²) in [6.07, 6.45) is 11.9. The first-order valence-electron chi connectivity index (χ1n) is 10.2. The SMILES string of the molecule is CC(C)CCC(O)C(CC1CCCCC1)NC(=O)[C@@H](N)Cc1c[nH]cn1. The van der Waals surface area contributed by atoms with Crippen LogP contribution in [0, 0.1) is 11.8 Å². The van der Waals surface area contributed by atoms with Crippen LogP contribution in [0.1, 0.15) is 70.9 Å². The number of carbonyl (C=O) groups excluding carboxylic acids is 1. The maximum absolute atomic E-state index is 12.6. The Labute approximate surface area is 157 Å². The number of aliphatic hydroxyl groups is 1. The van der Waals surface area contributed by atoms with Crippen LogP contribution in [0.25, 0.3) is 0 Å². The smallest absolute Gasteiger partial charge is 0.237 e. The number of nitrogens with one attached hydrogen (secondary N) is 2. The highest BCUT2D eigenvalue weighted by Gasteiger charge is 2.28. The van der Waals surface area contributed by atoms with Gasteiger partial charge in [-0.2, -0.15) is 0 Å². The van der Waals surface area contributed by atoms with Crippen molar-refractivity contribution in [3.63, 3.8) is 0 Å². The Morgan fingerprint density at radius 2 is 2.08 bits per heavy atom. The Kier molecular flexibility index (Phi) is 8.59. The van der Waals surface area contributed by atoms with Crippen LogP contribution in [0.3, 0.4) is 0 Å². The van der Waals surface area contributed by atoms with Crippen LogP contribution in [0.4, 0.5) is 0 Å². The zero-order valence-electron chi connectivity index (χ0n) is 16.3. The fourth-order valence-electron chi connectivity index (χ4n) is 3.81. The zero-order chi connectivity index (χ0) is 18.9. The van der Waals surface area contributed by atoms with Crippen molar-refractivity contribution in [3.05, 3.63) is 18.2 Å². The molecule has 1 aliphatic rings. The third kappa shape index (κ3) is 7.08. The van der Waals surface area contributed by atoms with Gasteiger partial charge >= 0.3 is 0 Å². The normalized spacial score (nSPS) is 19.3. The first-order chi connectivity index (χ1) is 12.5. The Balaban J connectivity index is 1.92. The number of carbonyl (C=O) groups is 1. The molecule has 148 valence electrons. The number of H-pyrrole nitrogens is 1. The highest BCUT2D eigenvalue weighted by molar-refractivity contribution is 5.82.